The standard InChI is InChI=1S/C15H16O4/c16-13-7-6-12(14(17)9-13)8-15(18)19-10-11-4-2-1-3-5-11/h1-5,12H,6-10H2/t12-/m1/s1. The number of ether oxygens (including phenoxy) is 1. The number of carbonyl (C=O) groups is 3. The minimum absolute atomic E-state index is 0.0288. The highest BCUT2D eigenvalue weighted by atomic mass is 16.5. The smallest absolute Gasteiger partial charge is 0.306 e. The Morgan fingerprint density at radius 1 is 1.21 bits per heavy atom. The number of Topliss-reactive ketones (excluding diaryl/α,β-unsaturated/α-hetero) is 2. The first-order valence-corrected chi connectivity index (χ1v) is 6.39. The molecule has 0 unspecified atom stereocenters. The monoisotopic (exact) mass is 260 g/mol. The van der Waals surface area contributed by atoms with E-state index in [1.807, 2.05) is 30.3 Å². The molecule has 1 aliphatic carbocycles. The molecule has 19 heavy (non-hydrogen) atoms. The molecule has 0 bridgehead atoms. The van der Waals surface area contributed by atoms with E-state index >= 15 is 0 Å². The van der Waals surface area contributed by atoms with Crippen LogP contribution in [0, 0.1) is 5.92 Å². The Hall–Kier alpha value is -1.97. The van der Waals surface area contributed by atoms with Crippen LogP contribution in [0.4, 0.5) is 0 Å². The van der Waals surface area contributed by atoms with E-state index in [1.54, 1.807) is 0 Å². The highest BCUT2D eigenvalue weighted by molar-refractivity contribution is 6.03. The van der Waals surface area contributed by atoms with Gasteiger partial charge in [-0.25, -0.2) is 0 Å². The molecule has 1 aromatic carbocycles. The van der Waals surface area contributed by atoms with Gasteiger partial charge >= 0.3 is 5.97 Å². The summed E-state index contributed by atoms with van der Waals surface area (Å²) in [5.74, 6) is -0.885. The van der Waals surface area contributed by atoms with Crippen molar-refractivity contribution in [2.45, 2.75) is 32.3 Å². The first-order chi connectivity index (χ1) is 9.15. The minimum atomic E-state index is -0.378. The summed E-state index contributed by atoms with van der Waals surface area (Å²) in [6.07, 6.45) is 0.913. The van der Waals surface area contributed by atoms with E-state index in [2.05, 4.69) is 0 Å². The normalized spacial score (nSPS) is 19.3. The number of hydrogen-bond acceptors (Lipinski definition) is 4. The van der Waals surface area contributed by atoms with Crippen LogP contribution < -0.4 is 0 Å². The quantitative estimate of drug-likeness (QED) is 0.614. The lowest BCUT2D eigenvalue weighted by Crippen LogP contribution is -2.27. The van der Waals surface area contributed by atoms with Crippen molar-refractivity contribution < 1.29 is 19.1 Å². The fourth-order valence-electron chi connectivity index (χ4n) is 2.14. The van der Waals surface area contributed by atoms with Gasteiger partial charge in [0, 0.05) is 12.3 Å². The van der Waals surface area contributed by atoms with Gasteiger partial charge in [-0.3, -0.25) is 14.4 Å². The molecule has 0 amide bonds. The molecule has 0 N–H and O–H groups in total. The Kier molecular flexibility index (Phi) is 4.44. The average molecular weight is 260 g/mol. The van der Waals surface area contributed by atoms with Gasteiger partial charge in [-0.1, -0.05) is 30.3 Å². The molecule has 0 heterocycles. The summed E-state index contributed by atoms with van der Waals surface area (Å²) < 4.78 is 5.13. The second-order valence-corrected chi connectivity index (χ2v) is 4.77. The van der Waals surface area contributed by atoms with E-state index in [0.717, 1.165) is 5.56 Å². The highest BCUT2D eigenvalue weighted by Gasteiger charge is 2.29. The molecule has 1 aromatic rings. The van der Waals surface area contributed by atoms with Crippen LogP contribution >= 0.6 is 0 Å². The maximum absolute atomic E-state index is 11.7. The summed E-state index contributed by atoms with van der Waals surface area (Å²) in [5.41, 5.74) is 0.918. The van der Waals surface area contributed by atoms with Crippen LogP contribution in [0.1, 0.15) is 31.2 Å². The third-order valence-corrected chi connectivity index (χ3v) is 3.25. The molecule has 0 spiro atoms. The van der Waals surface area contributed by atoms with Crippen LogP contribution in [0.25, 0.3) is 0 Å². The second-order valence-electron chi connectivity index (χ2n) is 4.77. The van der Waals surface area contributed by atoms with Crippen molar-refractivity contribution in [3.63, 3.8) is 0 Å². The SMILES string of the molecule is O=C1CC[C@H](CC(=O)OCc2ccccc2)C(=O)C1. The van der Waals surface area contributed by atoms with Gasteiger partial charge in [0.2, 0.25) is 0 Å². The number of esters is 1. The molecular formula is C15H16O4. The highest BCUT2D eigenvalue weighted by Crippen LogP contribution is 2.22. The number of ketones is 2. The van der Waals surface area contributed by atoms with Crippen molar-refractivity contribution in [2.24, 2.45) is 5.92 Å². The lowest BCUT2D eigenvalue weighted by Gasteiger charge is -2.18. The van der Waals surface area contributed by atoms with Crippen LogP contribution in [-0.4, -0.2) is 17.5 Å². The zero-order valence-electron chi connectivity index (χ0n) is 10.6. The van der Waals surface area contributed by atoms with Crippen LogP contribution in [0.3, 0.4) is 0 Å². The van der Waals surface area contributed by atoms with Gasteiger partial charge in [-0.15, -0.1) is 0 Å². The van der Waals surface area contributed by atoms with Gasteiger partial charge in [0.05, 0.1) is 12.8 Å². The maximum Gasteiger partial charge on any atom is 0.306 e. The molecule has 1 atom stereocenters. The third-order valence-electron chi connectivity index (χ3n) is 3.25. The van der Waals surface area contributed by atoms with Crippen molar-refractivity contribution in [1.29, 1.82) is 0 Å². The summed E-state index contributed by atoms with van der Waals surface area (Å²) in [6.45, 7) is 0.222. The molecule has 0 radical (unpaired) electrons. The molecule has 4 heteroatoms. The molecular weight excluding hydrogens is 244 g/mol. The summed E-state index contributed by atoms with van der Waals surface area (Å²) in [6, 6.07) is 9.39. The Morgan fingerprint density at radius 2 is 1.95 bits per heavy atom. The third kappa shape index (κ3) is 4.02. The Labute approximate surface area is 111 Å². The lowest BCUT2D eigenvalue weighted by molar-refractivity contribution is -0.149. The zero-order chi connectivity index (χ0) is 13.7. The van der Waals surface area contributed by atoms with Crippen molar-refractivity contribution in [3.8, 4) is 0 Å². The predicted molar refractivity (Wildman–Crippen MR) is 68.2 cm³/mol. The lowest BCUT2D eigenvalue weighted by atomic mass is 9.85. The van der Waals surface area contributed by atoms with E-state index in [4.69, 9.17) is 4.74 Å². The van der Waals surface area contributed by atoms with Gasteiger partial charge in [0.25, 0.3) is 0 Å². The molecule has 100 valence electrons. The second kappa shape index (κ2) is 6.27. The van der Waals surface area contributed by atoms with Crippen LogP contribution in [0.5, 0.6) is 0 Å². The van der Waals surface area contributed by atoms with E-state index in [9.17, 15) is 14.4 Å². The van der Waals surface area contributed by atoms with Gasteiger partial charge < -0.3 is 4.74 Å². The number of hydrogen-bond donors (Lipinski definition) is 0. The van der Waals surface area contributed by atoms with E-state index in [-0.39, 0.29) is 42.9 Å². The van der Waals surface area contributed by atoms with Crippen molar-refractivity contribution in [1.82, 2.24) is 0 Å². The zero-order valence-corrected chi connectivity index (χ0v) is 10.6. The summed E-state index contributed by atoms with van der Waals surface area (Å²) in [4.78, 5) is 34.3. The molecule has 0 aliphatic heterocycles. The molecule has 0 aromatic heterocycles. The number of rotatable bonds is 4. The largest absolute Gasteiger partial charge is 0.461 e. The Bertz CT molecular complexity index is 478. The number of carbonyl (C=O) groups excluding carboxylic acids is 3. The molecule has 1 aliphatic rings. The minimum Gasteiger partial charge on any atom is -0.461 e. The first kappa shape index (κ1) is 13.5. The van der Waals surface area contributed by atoms with Crippen molar-refractivity contribution >= 4 is 17.5 Å². The average Bonchev–Trinajstić information content (AvgIpc) is 2.41. The molecule has 4 nitrogen and oxygen atoms in total. The van der Waals surface area contributed by atoms with E-state index in [1.165, 1.54) is 0 Å². The Balaban J connectivity index is 1.78. The fourth-order valence-corrected chi connectivity index (χ4v) is 2.14. The topological polar surface area (TPSA) is 60.4 Å². The van der Waals surface area contributed by atoms with Crippen LogP contribution in [-0.2, 0) is 25.7 Å². The van der Waals surface area contributed by atoms with Crippen molar-refractivity contribution in [3.05, 3.63) is 35.9 Å². The van der Waals surface area contributed by atoms with Gasteiger partial charge in [0.1, 0.15) is 18.2 Å². The molecule has 0 saturated heterocycles. The summed E-state index contributed by atoms with van der Waals surface area (Å²) in [7, 11) is 0. The first-order valence-electron chi connectivity index (χ1n) is 6.39. The maximum atomic E-state index is 11.7. The van der Waals surface area contributed by atoms with Crippen LogP contribution in [0.2, 0.25) is 0 Å². The van der Waals surface area contributed by atoms with Gasteiger partial charge in [-0.2, -0.15) is 0 Å². The van der Waals surface area contributed by atoms with E-state index in [0.29, 0.717) is 12.8 Å². The van der Waals surface area contributed by atoms with Gasteiger partial charge in [-0.05, 0) is 12.0 Å². The summed E-state index contributed by atoms with van der Waals surface area (Å²) in [5, 5.41) is 0. The predicted octanol–water partition coefficient (Wildman–Crippen LogP) is 2.06. The molecule has 1 fully saturated rings. The molecule has 1 saturated carbocycles. The van der Waals surface area contributed by atoms with Crippen LogP contribution in [0.15, 0.2) is 30.3 Å². The fraction of sp³-hybridized carbons (Fsp3) is 0.400. The molecule has 2 rings (SSSR count). The van der Waals surface area contributed by atoms with E-state index < -0.39 is 0 Å². The van der Waals surface area contributed by atoms with Gasteiger partial charge in [0.15, 0.2) is 0 Å². The number of benzene rings is 1. The van der Waals surface area contributed by atoms with Crippen molar-refractivity contribution in [2.75, 3.05) is 0 Å². The Morgan fingerprint density at radius 3 is 2.63 bits per heavy atom. The summed E-state index contributed by atoms with van der Waals surface area (Å²) >= 11 is 0.